The summed E-state index contributed by atoms with van der Waals surface area (Å²) in [4.78, 5) is 36.3. The Kier molecular flexibility index (Phi) is 4.77. The van der Waals surface area contributed by atoms with E-state index in [2.05, 4.69) is 0 Å². The molecule has 1 aromatic rings. The van der Waals surface area contributed by atoms with Crippen molar-refractivity contribution in [3.63, 3.8) is 0 Å². The van der Waals surface area contributed by atoms with Crippen LogP contribution in [0, 0.1) is 0 Å². The fraction of sp³-hybridized carbons (Fsp3) is 0.267. The van der Waals surface area contributed by atoms with Crippen LogP contribution in [0.1, 0.15) is 12.5 Å². The van der Waals surface area contributed by atoms with Gasteiger partial charge in [-0.05, 0) is 24.6 Å². The molecular formula is C15H15N2O5-. The van der Waals surface area contributed by atoms with Crippen molar-refractivity contribution >= 4 is 29.9 Å². The van der Waals surface area contributed by atoms with Crippen molar-refractivity contribution in [2.75, 3.05) is 24.6 Å². The van der Waals surface area contributed by atoms with Crippen LogP contribution in [0.5, 0.6) is 0 Å². The topological polar surface area (TPSA) is 90.0 Å². The molecule has 0 aromatic heterocycles. The van der Waals surface area contributed by atoms with Gasteiger partial charge in [-0.3, -0.25) is 9.80 Å². The summed E-state index contributed by atoms with van der Waals surface area (Å²) in [5, 5.41) is 10.9. The average Bonchev–Trinajstić information content (AvgIpc) is 2.87. The number of imide groups is 1. The molecule has 0 aliphatic carbocycles. The van der Waals surface area contributed by atoms with E-state index in [0.29, 0.717) is 16.2 Å². The van der Waals surface area contributed by atoms with Gasteiger partial charge in [0, 0.05) is 19.2 Å². The van der Waals surface area contributed by atoms with Crippen LogP contribution in [-0.4, -0.2) is 42.7 Å². The normalized spacial score (nSPS) is 14.7. The van der Waals surface area contributed by atoms with Gasteiger partial charge in [-0.15, -0.1) is 0 Å². The number of carbonyl (C=O) groups excluding carboxylic acids is 3. The summed E-state index contributed by atoms with van der Waals surface area (Å²) in [6, 6.07) is 6.23. The lowest BCUT2D eigenvalue weighted by molar-refractivity contribution is -0.260. The third kappa shape index (κ3) is 3.25. The van der Waals surface area contributed by atoms with E-state index < -0.39 is 18.1 Å². The van der Waals surface area contributed by atoms with Crippen molar-refractivity contribution in [3.8, 4) is 0 Å². The molecule has 7 nitrogen and oxygen atoms in total. The van der Waals surface area contributed by atoms with Gasteiger partial charge in [0.25, 0.3) is 0 Å². The highest BCUT2D eigenvalue weighted by molar-refractivity contribution is 6.03. The number of anilines is 1. The summed E-state index contributed by atoms with van der Waals surface area (Å²) >= 11 is 0. The zero-order valence-corrected chi connectivity index (χ0v) is 12.0. The number of carboxylic acid groups (broad SMARTS) is 1. The molecule has 116 valence electrons. The van der Waals surface area contributed by atoms with Gasteiger partial charge in [0.2, 0.25) is 0 Å². The number of para-hydroxylation sites is 1. The van der Waals surface area contributed by atoms with E-state index in [9.17, 15) is 19.5 Å². The van der Waals surface area contributed by atoms with Crippen molar-refractivity contribution in [2.45, 2.75) is 6.92 Å². The second kappa shape index (κ2) is 6.75. The summed E-state index contributed by atoms with van der Waals surface area (Å²) in [6.45, 7) is 2.27. The standard InChI is InChI=1S/C15H16N2O5/c1-2-22-13(18)8-7-11-5-3-4-6-12(11)16-9-10-17(14(16)19)15(20)21/h3-8H,2,9-10H2,1H3,(H,20,21)/p-1/b8-7+. The first-order chi connectivity index (χ1) is 10.5. The fourth-order valence-electron chi connectivity index (χ4n) is 2.15. The maximum absolute atomic E-state index is 12.1. The Morgan fingerprint density at radius 3 is 2.68 bits per heavy atom. The molecule has 1 aromatic carbocycles. The molecule has 0 N–H and O–H groups in total. The summed E-state index contributed by atoms with van der Waals surface area (Å²) in [5.74, 6) is -0.485. The van der Waals surface area contributed by atoms with Crippen LogP contribution in [0.4, 0.5) is 15.3 Å². The molecule has 0 atom stereocenters. The number of amides is 3. The van der Waals surface area contributed by atoms with Crippen molar-refractivity contribution < 1.29 is 24.2 Å². The van der Waals surface area contributed by atoms with Gasteiger partial charge in [0.05, 0.1) is 12.3 Å². The second-order valence-corrected chi connectivity index (χ2v) is 4.50. The van der Waals surface area contributed by atoms with Crippen LogP contribution in [0.2, 0.25) is 0 Å². The van der Waals surface area contributed by atoms with Gasteiger partial charge in [-0.25, -0.2) is 9.59 Å². The smallest absolute Gasteiger partial charge is 0.330 e. The fourth-order valence-corrected chi connectivity index (χ4v) is 2.15. The summed E-state index contributed by atoms with van der Waals surface area (Å²) < 4.78 is 4.80. The van der Waals surface area contributed by atoms with Crippen molar-refractivity contribution in [1.29, 1.82) is 0 Å². The predicted octanol–water partition coefficient (Wildman–Crippen LogP) is 0.848. The highest BCUT2D eigenvalue weighted by Gasteiger charge is 2.31. The van der Waals surface area contributed by atoms with Crippen LogP contribution in [0.25, 0.3) is 6.08 Å². The first kappa shape index (κ1) is 15.6. The number of carbonyl (C=O) groups is 3. The minimum Gasteiger partial charge on any atom is -0.529 e. The molecule has 0 spiro atoms. The maximum atomic E-state index is 12.1. The van der Waals surface area contributed by atoms with Crippen LogP contribution < -0.4 is 10.0 Å². The quantitative estimate of drug-likeness (QED) is 0.607. The third-order valence-corrected chi connectivity index (χ3v) is 3.14. The summed E-state index contributed by atoms with van der Waals surface area (Å²) in [6.07, 6.45) is 1.27. The van der Waals surface area contributed by atoms with Gasteiger partial charge in [0.1, 0.15) is 6.09 Å². The first-order valence-corrected chi connectivity index (χ1v) is 6.78. The molecule has 22 heavy (non-hydrogen) atoms. The monoisotopic (exact) mass is 303 g/mol. The van der Waals surface area contributed by atoms with Crippen LogP contribution in [-0.2, 0) is 9.53 Å². The summed E-state index contributed by atoms with van der Waals surface area (Å²) in [5.41, 5.74) is 1.14. The number of nitrogens with zero attached hydrogens (tertiary/aromatic N) is 2. The third-order valence-electron chi connectivity index (χ3n) is 3.14. The lowest BCUT2D eigenvalue weighted by Crippen LogP contribution is -2.43. The van der Waals surface area contributed by atoms with Gasteiger partial charge < -0.3 is 14.6 Å². The van der Waals surface area contributed by atoms with Crippen molar-refractivity contribution in [1.82, 2.24) is 4.90 Å². The Morgan fingerprint density at radius 2 is 2.05 bits per heavy atom. The largest absolute Gasteiger partial charge is 0.529 e. The summed E-state index contributed by atoms with van der Waals surface area (Å²) in [7, 11) is 0. The minimum absolute atomic E-state index is 0.0527. The van der Waals surface area contributed by atoms with E-state index in [1.165, 1.54) is 17.1 Å². The molecule has 2 rings (SSSR count). The molecule has 0 radical (unpaired) electrons. The van der Waals surface area contributed by atoms with E-state index in [1.54, 1.807) is 31.2 Å². The number of hydrogen-bond acceptors (Lipinski definition) is 5. The molecule has 0 unspecified atom stereocenters. The van der Waals surface area contributed by atoms with E-state index in [4.69, 9.17) is 4.74 Å². The van der Waals surface area contributed by atoms with Gasteiger partial charge >= 0.3 is 12.0 Å². The van der Waals surface area contributed by atoms with Gasteiger partial charge in [0.15, 0.2) is 0 Å². The highest BCUT2D eigenvalue weighted by atomic mass is 16.5. The van der Waals surface area contributed by atoms with E-state index in [0.717, 1.165) is 0 Å². The second-order valence-electron chi connectivity index (χ2n) is 4.50. The number of hydrogen-bond donors (Lipinski definition) is 0. The SMILES string of the molecule is CCOC(=O)/C=C/c1ccccc1N1CCN(C(=O)[O-])C1=O. The average molecular weight is 303 g/mol. The maximum Gasteiger partial charge on any atom is 0.330 e. The zero-order chi connectivity index (χ0) is 16.1. The predicted molar refractivity (Wildman–Crippen MR) is 77.0 cm³/mol. The van der Waals surface area contributed by atoms with Crippen molar-refractivity contribution in [2.24, 2.45) is 0 Å². The highest BCUT2D eigenvalue weighted by Crippen LogP contribution is 2.25. The number of rotatable bonds is 4. The molecule has 7 heteroatoms. The number of esters is 1. The van der Waals surface area contributed by atoms with Crippen molar-refractivity contribution in [3.05, 3.63) is 35.9 Å². The molecule has 1 aliphatic heterocycles. The van der Waals surface area contributed by atoms with Crippen LogP contribution in [0.3, 0.4) is 0 Å². The Balaban J connectivity index is 2.24. The molecule has 1 heterocycles. The molecular weight excluding hydrogens is 288 g/mol. The van der Waals surface area contributed by atoms with Gasteiger partial charge in [-0.2, -0.15) is 0 Å². The molecule has 1 aliphatic rings. The Morgan fingerprint density at radius 1 is 1.32 bits per heavy atom. The molecule has 1 saturated heterocycles. The van der Waals surface area contributed by atoms with E-state index in [1.807, 2.05) is 0 Å². The molecule has 0 saturated carbocycles. The van der Waals surface area contributed by atoms with Gasteiger partial charge in [-0.1, -0.05) is 18.2 Å². The molecule has 3 amide bonds. The lowest BCUT2D eigenvalue weighted by Gasteiger charge is -2.20. The molecule has 0 bridgehead atoms. The zero-order valence-electron chi connectivity index (χ0n) is 12.0. The lowest BCUT2D eigenvalue weighted by atomic mass is 10.1. The van der Waals surface area contributed by atoms with Crippen LogP contribution >= 0.6 is 0 Å². The Labute approximate surface area is 127 Å². The number of urea groups is 1. The number of ether oxygens (including phenoxy) is 1. The number of benzene rings is 1. The molecule has 1 fully saturated rings. The van der Waals surface area contributed by atoms with E-state index in [-0.39, 0.29) is 19.7 Å². The van der Waals surface area contributed by atoms with Crippen LogP contribution in [0.15, 0.2) is 30.3 Å². The minimum atomic E-state index is -1.52. The Bertz CT molecular complexity index is 626. The Hall–Kier alpha value is -2.83. The first-order valence-electron chi connectivity index (χ1n) is 6.78. The van der Waals surface area contributed by atoms with E-state index >= 15 is 0 Å².